The van der Waals surface area contributed by atoms with Crippen LogP contribution in [0.2, 0.25) is 0 Å². The largest absolute Gasteiger partial charge is 0.354 e. The SMILES string of the molecule is CN1CCN(c2cc(-c3ccccc3)nc(NC3CCCC3)n2)CC1. The predicted octanol–water partition coefficient (Wildman–Crippen LogP) is 3.25. The standard InChI is InChI=1S/C20H27N5/c1-24-11-13-25(14-12-24)19-15-18(16-7-3-2-4-8-16)22-20(23-19)21-17-9-5-6-10-17/h2-4,7-8,15,17H,5-6,9-14H2,1H3,(H,21,22,23). The highest BCUT2D eigenvalue weighted by atomic mass is 15.3. The summed E-state index contributed by atoms with van der Waals surface area (Å²) in [6.07, 6.45) is 5.06. The first-order valence-corrected chi connectivity index (χ1v) is 9.42. The third-order valence-corrected chi connectivity index (χ3v) is 5.30. The average Bonchev–Trinajstić information content (AvgIpc) is 3.16. The number of aromatic nitrogens is 2. The molecule has 1 aromatic carbocycles. The van der Waals surface area contributed by atoms with Crippen LogP contribution in [0.15, 0.2) is 36.4 Å². The molecule has 25 heavy (non-hydrogen) atoms. The monoisotopic (exact) mass is 337 g/mol. The molecule has 0 radical (unpaired) electrons. The zero-order valence-corrected chi connectivity index (χ0v) is 15.0. The van der Waals surface area contributed by atoms with E-state index in [1.54, 1.807) is 0 Å². The normalized spacial score (nSPS) is 19.3. The van der Waals surface area contributed by atoms with Crippen LogP contribution in [0.3, 0.4) is 0 Å². The van der Waals surface area contributed by atoms with Crippen molar-refractivity contribution in [1.82, 2.24) is 14.9 Å². The average molecular weight is 337 g/mol. The number of piperazine rings is 1. The van der Waals surface area contributed by atoms with Crippen molar-refractivity contribution in [2.75, 3.05) is 43.4 Å². The molecule has 1 aliphatic heterocycles. The first-order chi connectivity index (χ1) is 12.3. The third kappa shape index (κ3) is 3.93. The molecule has 2 aliphatic rings. The molecule has 1 aliphatic carbocycles. The fourth-order valence-corrected chi connectivity index (χ4v) is 3.71. The van der Waals surface area contributed by atoms with Gasteiger partial charge in [0.05, 0.1) is 5.69 Å². The fourth-order valence-electron chi connectivity index (χ4n) is 3.71. The predicted molar refractivity (Wildman–Crippen MR) is 103 cm³/mol. The molecule has 0 amide bonds. The summed E-state index contributed by atoms with van der Waals surface area (Å²) in [6, 6.07) is 13.1. The Morgan fingerprint density at radius 3 is 2.40 bits per heavy atom. The zero-order chi connectivity index (χ0) is 17.1. The minimum atomic E-state index is 0.520. The van der Waals surface area contributed by atoms with Crippen LogP contribution in [0.5, 0.6) is 0 Å². The Bertz CT molecular complexity index is 688. The molecular formula is C20H27N5. The lowest BCUT2D eigenvalue weighted by atomic mass is 10.1. The third-order valence-electron chi connectivity index (χ3n) is 5.30. The van der Waals surface area contributed by atoms with E-state index in [2.05, 4.69) is 52.5 Å². The van der Waals surface area contributed by atoms with E-state index in [1.165, 1.54) is 25.7 Å². The molecule has 2 heterocycles. The van der Waals surface area contributed by atoms with E-state index >= 15 is 0 Å². The van der Waals surface area contributed by atoms with Gasteiger partial charge in [-0.15, -0.1) is 0 Å². The maximum atomic E-state index is 4.86. The summed E-state index contributed by atoms with van der Waals surface area (Å²) in [5, 5.41) is 3.58. The lowest BCUT2D eigenvalue weighted by Gasteiger charge is -2.33. The van der Waals surface area contributed by atoms with Crippen LogP contribution in [-0.4, -0.2) is 54.1 Å². The van der Waals surface area contributed by atoms with Crippen molar-refractivity contribution in [3.63, 3.8) is 0 Å². The Morgan fingerprint density at radius 2 is 1.68 bits per heavy atom. The molecular weight excluding hydrogens is 310 g/mol. The summed E-state index contributed by atoms with van der Waals surface area (Å²) in [6.45, 7) is 4.20. The van der Waals surface area contributed by atoms with Gasteiger partial charge in [-0.3, -0.25) is 0 Å². The lowest BCUT2D eigenvalue weighted by molar-refractivity contribution is 0.312. The molecule has 0 unspecified atom stereocenters. The van der Waals surface area contributed by atoms with Gasteiger partial charge in [-0.1, -0.05) is 43.2 Å². The second-order valence-electron chi connectivity index (χ2n) is 7.22. The topological polar surface area (TPSA) is 44.3 Å². The van der Waals surface area contributed by atoms with E-state index in [0.29, 0.717) is 6.04 Å². The van der Waals surface area contributed by atoms with Gasteiger partial charge in [-0.2, -0.15) is 4.98 Å². The van der Waals surface area contributed by atoms with Gasteiger partial charge in [0.1, 0.15) is 5.82 Å². The van der Waals surface area contributed by atoms with Gasteiger partial charge in [-0.25, -0.2) is 4.98 Å². The first kappa shape index (κ1) is 16.3. The fraction of sp³-hybridized carbons (Fsp3) is 0.500. The minimum Gasteiger partial charge on any atom is -0.354 e. The summed E-state index contributed by atoms with van der Waals surface area (Å²) in [7, 11) is 2.18. The number of nitrogens with zero attached hydrogens (tertiary/aromatic N) is 4. The number of anilines is 2. The molecule has 5 nitrogen and oxygen atoms in total. The first-order valence-electron chi connectivity index (χ1n) is 9.42. The van der Waals surface area contributed by atoms with Crippen molar-refractivity contribution in [3.05, 3.63) is 36.4 Å². The second kappa shape index (κ2) is 7.40. The molecule has 0 spiro atoms. The van der Waals surface area contributed by atoms with Gasteiger partial charge in [-0.05, 0) is 19.9 Å². The molecule has 4 rings (SSSR count). The van der Waals surface area contributed by atoms with Crippen LogP contribution >= 0.6 is 0 Å². The van der Waals surface area contributed by atoms with Gasteiger partial charge in [0, 0.05) is 43.9 Å². The van der Waals surface area contributed by atoms with Crippen LogP contribution < -0.4 is 10.2 Å². The van der Waals surface area contributed by atoms with Crippen LogP contribution in [0.4, 0.5) is 11.8 Å². The molecule has 1 N–H and O–H groups in total. The summed E-state index contributed by atoms with van der Waals surface area (Å²) in [4.78, 5) is 14.4. The summed E-state index contributed by atoms with van der Waals surface area (Å²) < 4.78 is 0. The van der Waals surface area contributed by atoms with E-state index in [1.807, 2.05) is 6.07 Å². The quantitative estimate of drug-likeness (QED) is 0.928. The number of hydrogen-bond donors (Lipinski definition) is 1. The molecule has 132 valence electrons. The Labute approximate surface area is 150 Å². The highest BCUT2D eigenvalue weighted by molar-refractivity contribution is 5.65. The van der Waals surface area contributed by atoms with Crippen molar-refractivity contribution in [3.8, 4) is 11.3 Å². The second-order valence-corrected chi connectivity index (χ2v) is 7.22. The Balaban J connectivity index is 1.64. The summed E-state index contributed by atoms with van der Waals surface area (Å²) >= 11 is 0. The highest BCUT2D eigenvalue weighted by Gasteiger charge is 2.20. The van der Waals surface area contributed by atoms with E-state index in [-0.39, 0.29) is 0 Å². The van der Waals surface area contributed by atoms with Crippen LogP contribution in [0, 0.1) is 0 Å². The summed E-state index contributed by atoms with van der Waals surface area (Å²) in [5.41, 5.74) is 2.15. The molecule has 0 atom stereocenters. The summed E-state index contributed by atoms with van der Waals surface area (Å²) in [5.74, 6) is 1.82. The van der Waals surface area contributed by atoms with E-state index < -0.39 is 0 Å². The molecule has 1 saturated carbocycles. The van der Waals surface area contributed by atoms with Gasteiger partial charge in [0.15, 0.2) is 0 Å². The van der Waals surface area contributed by atoms with Crippen LogP contribution in [0.25, 0.3) is 11.3 Å². The van der Waals surface area contributed by atoms with Gasteiger partial charge >= 0.3 is 0 Å². The number of benzene rings is 1. The smallest absolute Gasteiger partial charge is 0.225 e. The molecule has 1 saturated heterocycles. The van der Waals surface area contributed by atoms with Crippen molar-refractivity contribution >= 4 is 11.8 Å². The molecule has 2 aromatic rings. The molecule has 2 fully saturated rings. The Kier molecular flexibility index (Phi) is 4.83. The molecule has 5 heteroatoms. The van der Waals surface area contributed by atoms with Crippen molar-refractivity contribution < 1.29 is 0 Å². The van der Waals surface area contributed by atoms with E-state index in [4.69, 9.17) is 9.97 Å². The lowest BCUT2D eigenvalue weighted by Crippen LogP contribution is -2.44. The van der Waals surface area contributed by atoms with Crippen molar-refractivity contribution in [2.45, 2.75) is 31.7 Å². The number of rotatable bonds is 4. The number of likely N-dealkylation sites (N-methyl/N-ethyl adjacent to an activating group) is 1. The zero-order valence-electron chi connectivity index (χ0n) is 15.0. The maximum Gasteiger partial charge on any atom is 0.225 e. The maximum absolute atomic E-state index is 4.86. The molecule has 0 bridgehead atoms. The van der Waals surface area contributed by atoms with Crippen molar-refractivity contribution in [1.29, 1.82) is 0 Å². The van der Waals surface area contributed by atoms with Gasteiger partial charge in [0.2, 0.25) is 5.95 Å². The van der Waals surface area contributed by atoms with E-state index in [0.717, 1.165) is 49.2 Å². The van der Waals surface area contributed by atoms with E-state index in [9.17, 15) is 0 Å². The number of nitrogens with one attached hydrogen (secondary N) is 1. The Morgan fingerprint density at radius 1 is 0.960 bits per heavy atom. The van der Waals surface area contributed by atoms with Gasteiger partial charge in [0.25, 0.3) is 0 Å². The Hall–Kier alpha value is -2.14. The minimum absolute atomic E-state index is 0.520. The van der Waals surface area contributed by atoms with Crippen molar-refractivity contribution in [2.24, 2.45) is 0 Å². The molecule has 1 aromatic heterocycles. The highest BCUT2D eigenvalue weighted by Crippen LogP contribution is 2.26. The number of hydrogen-bond acceptors (Lipinski definition) is 5. The van der Waals surface area contributed by atoms with Crippen LogP contribution in [-0.2, 0) is 0 Å². The van der Waals surface area contributed by atoms with Gasteiger partial charge < -0.3 is 15.1 Å². The van der Waals surface area contributed by atoms with Crippen LogP contribution in [0.1, 0.15) is 25.7 Å².